The molecule has 6 heteroatoms. The lowest BCUT2D eigenvalue weighted by atomic mass is 9.93. The number of hydrogen-bond acceptors (Lipinski definition) is 3. The third-order valence-corrected chi connectivity index (χ3v) is 7.01. The fourth-order valence-electron chi connectivity index (χ4n) is 3.59. The Kier molecular flexibility index (Phi) is 5.18. The number of carbonyl (C=O) groups is 1. The Morgan fingerprint density at radius 3 is 2.54 bits per heavy atom. The minimum atomic E-state index is -1.20. The van der Waals surface area contributed by atoms with Crippen molar-refractivity contribution in [1.82, 2.24) is 4.90 Å². The van der Waals surface area contributed by atoms with E-state index in [-0.39, 0.29) is 22.9 Å². The van der Waals surface area contributed by atoms with Gasteiger partial charge in [0.2, 0.25) is 5.91 Å². The summed E-state index contributed by atoms with van der Waals surface area (Å²) in [7, 11) is 0. The molecule has 132 valence electrons. The summed E-state index contributed by atoms with van der Waals surface area (Å²) in [6, 6.07) is 5.77. The second-order valence-electron chi connectivity index (χ2n) is 7.21. The quantitative estimate of drug-likeness (QED) is 0.849. The van der Waals surface area contributed by atoms with Gasteiger partial charge in [-0.25, -0.2) is 4.39 Å². The van der Waals surface area contributed by atoms with Crippen molar-refractivity contribution < 1.29 is 18.8 Å². The summed E-state index contributed by atoms with van der Waals surface area (Å²) in [6.07, 6.45) is 3.35. The summed E-state index contributed by atoms with van der Waals surface area (Å²) in [5.41, 5.74) is -0.668. The zero-order valence-corrected chi connectivity index (χ0v) is 14.7. The smallest absolute Gasteiger partial charge is 0.225 e. The predicted octanol–water partition coefficient (Wildman–Crippen LogP) is 2.48. The Hall–Kier alpha value is -1.11. The number of halogens is 1. The maximum absolute atomic E-state index is 13.0. The molecule has 1 aromatic rings. The average molecular weight is 353 g/mol. The predicted molar refractivity (Wildman–Crippen MR) is 90.4 cm³/mol. The van der Waals surface area contributed by atoms with Crippen LogP contribution in [0.2, 0.25) is 0 Å². The lowest BCUT2D eigenvalue weighted by Crippen LogP contribution is -2.46. The third-order valence-electron chi connectivity index (χ3n) is 5.23. The largest absolute Gasteiger partial charge is 0.611 e. The van der Waals surface area contributed by atoms with E-state index in [1.807, 2.05) is 11.8 Å². The van der Waals surface area contributed by atoms with Crippen LogP contribution >= 0.6 is 0 Å². The molecule has 1 saturated carbocycles. The van der Waals surface area contributed by atoms with Crippen LogP contribution in [0.5, 0.6) is 0 Å². The molecule has 1 aliphatic carbocycles. The van der Waals surface area contributed by atoms with Gasteiger partial charge in [-0.3, -0.25) is 4.79 Å². The molecule has 4 nitrogen and oxygen atoms in total. The molecule has 2 aliphatic rings. The number of likely N-dealkylation sites (tertiary alicyclic amines) is 1. The van der Waals surface area contributed by atoms with Crippen LogP contribution in [0.3, 0.4) is 0 Å². The van der Waals surface area contributed by atoms with Crippen LogP contribution in [0.25, 0.3) is 0 Å². The van der Waals surface area contributed by atoms with Gasteiger partial charge in [0.05, 0.1) is 5.60 Å². The van der Waals surface area contributed by atoms with E-state index in [4.69, 9.17) is 0 Å². The number of benzene rings is 1. The molecule has 0 spiro atoms. The van der Waals surface area contributed by atoms with Crippen molar-refractivity contribution in [2.24, 2.45) is 5.92 Å². The van der Waals surface area contributed by atoms with Crippen LogP contribution in [0, 0.1) is 11.7 Å². The Morgan fingerprint density at radius 2 is 1.92 bits per heavy atom. The lowest BCUT2D eigenvalue weighted by Gasteiger charge is -2.37. The highest BCUT2D eigenvalue weighted by Crippen LogP contribution is 2.35. The number of piperidine rings is 1. The molecular formula is C18H24FNO3S. The first-order chi connectivity index (χ1) is 11.4. The lowest BCUT2D eigenvalue weighted by molar-refractivity contribution is -0.139. The van der Waals surface area contributed by atoms with Gasteiger partial charge in [-0.05, 0) is 68.0 Å². The van der Waals surface area contributed by atoms with Crippen LogP contribution < -0.4 is 0 Å². The van der Waals surface area contributed by atoms with Crippen LogP contribution in [-0.4, -0.2) is 44.4 Å². The summed E-state index contributed by atoms with van der Waals surface area (Å²) in [6.45, 7) is 2.99. The minimum Gasteiger partial charge on any atom is -0.611 e. The fraction of sp³-hybridized carbons (Fsp3) is 0.611. The minimum absolute atomic E-state index is 0.0442. The van der Waals surface area contributed by atoms with E-state index in [0.717, 1.165) is 12.8 Å². The van der Waals surface area contributed by atoms with E-state index < -0.39 is 16.8 Å². The molecule has 0 aromatic heterocycles. The van der Waals surface area contributed by atoms with Gasteiger partial charge in [0.25, 0.3) is 0 Å². The second kappa shape index (κ2) is 7.02. The van der Waals surface area contributed by atoms with Gasteiger partial charge in [0.1, 0.15) is 11.1 Å². The standard InChI is InChI=1S/C18H24FNO3S/c1-18(22)8-10-20(11-9-18)17(21)13-2-5-16(12-13)24(23)15-6-3-14(19)4-7-15/h3-4,6-7,13,16,22H,2,5,8-12H2,1H3. The van der Waals surface area contributed by atoms with Crippen LogP contribution in [-0.2, 0) is 16.0 Å². The third kappa shape index (κ3) is 3.92. The zero-order chi connectivity index (χ0) is 17.3. The van der Waals surface area contributed by atoms with Crippen LogP contribution in [0.4, 0.5) is 4.39 Å². The van der Waals surface area contributed by atoms with Crippen molar-refractivity contribution in [2.45, 2.75) is 54.8 Å². The molecule has 24 heavy (non-hydrogen) atoms. The number of rotatable bonds is 3. The highest BCUT2D eigenvalue weighted by Gasteiger charge is 2.40. The summed E-state index contributed by atoms with van der Waals surface area (Å²) < 4.78 is 25.6. The Labute approximate surface area is 145 Å². The number of aliphatic hydroxyl groups is 1. The van der Waals surface area contributed by atoms with Crippen molar-refractivity contribution in [3.05, 3.63) is 30.1 Å². The van der Waals surface area contributed by atoms with Crippen molar-refractivity contribution in [3.63, 3.8) is 0 Å². The molecule has 3 unspecified atom stereocenters. The monoisotopic (exact) mass is 353 g/mol. The highest BCUT2D eigenvalue weighted by molar-refractivity contribution is 7.92. The van der Waals surface area contributed by atoms with Crippen molar-refractivity contribution >= 4 is 17.1 Å². The fourth-order valence-corrected chi connectivity index (χ4v) is 5.13. The summed E-state index contributed by atoms with van der Waals surface area (Å²) in [4.78, 5) is 15.1. The van der Waals surface area contributed by atoms with Gasteiger partial charge in [0.15, 0.2) is 4.90 Å². The summed E-state index contributed by atoms with van der Waals surface area (Å²) in [5, 5.41) is 9.95. The van der Waals surface area contributed by atoms with Gasteiger partial charge in [-0.1, -0.05) is 0 Å². The van der Waals surface area contributed by atoms with E-state index in [1.165, 1.54) is 12.1 Å². The van der Waals surface area contributed by atoms with E-state index in [1.54, 1.807) is 12.1 Å². The summed E-state index contributed by atoms with van der Waals surface area (Å²) in [5.74, 6) is -0.289. The molecule has 1 aliphatic heterocycles. The number of nitrogens with zero attached hydrogens (tertiary/aromatic N) is 1. The molecule has 1 N–H and O–H groups in total. The van der Waals surface area contributed by atoms with Gasteiger partial charge in [-0.15, -0.1) is 0 Å². The van der Waals surface area contributed by atoms with E-state index in [0.29, 0.717) is 37.2 Å². The summed E-state index contributed by atoms with van der Waals surface area (Å²) >= 11 is -1.20. The molecule has 3 atom stereocenters. The zero-order valence-electron chi connectivity index (χ0n) is 13.9. The van der Waals surface area contributed by atoms with Crippen molar-refractivity contribution in [3.8, 4) is 0 Å². The number of carbonyl (C=O) groups excluding carboxylic acids is 1. The van der Waals surface area contributed by atoms with Crippen LogP contribution in [0.1, 0.15) is 39.0 Å². The highest BCUT2D eigenvalue weighted by atomic mass is 32.2. The molecule has 2 fully saturated rings. The van der Waals surface area contributed by atoms with Gasteiger partial charge >= 0.3 is 0 Å². The molecule has 1 amide bonds. The topological polar surface area (TPSA) is 63.6 Å². The molecule has 1 aromatic carbocycles. The van der Waals surface area contributed by atoms with E-state index in [2.05, 4.69) is 0 Å². The molecule has 0 radical (unpaired) electrons. The molecule has 1 saturated heterocycles. The Morgan fingerprint density at radius 1 is 1.29 bits per heavy atom. The van der Waals surface area contributed by atoms with E-state index in [9.17, 15) is 18.8 Å². The Balaban J connectivity index is 1.57. The number of hydrogen-bond donors (Lipinski definition) is 1. The Bertz CT molecular complexity index is 582. The first-order valence-corrected chi connectivity index (χ1v) is 9.74. The van der Waals surface area contributed by atoms with Gasteiger partial charge in [0, 0.05) is 25.4 Å². The first kappa shape index (κ1) is 17.7. The van der Waals surface area contributed by atoms with Crippen molar-refractivity contribution in [1.29, 1.82) is 0 Å². The maximum Gasteiger partial charge on any atom is 0.225 e. The molecular weight excluding hydrogens is 329 g/mol. The molecule has 1 heterocycles. The second-order valence-corrected chi connectivity index (χ2v) is 8.94. The van der Waals surface area contributed by atoms with E-state index >= 15 is 0 Å². The SMILES string of the molecule is CC1(O)CCN(C(=O)C2CCC([S+]([O-])c3ccc(F)cc3)C2)CC1. The van der Waals surface area contributed by atoms with Gasteiger partial charge < -0.3 is 14.6 Å². The average Bonchev–Trinajstić information content (AvgIpc) is 3.04. The molecule has 0 bridgehead atoms. The van der Waals surface area contributed by atoms with Gasteiger partial charge in [-0.2, -0.15) is 0 Å². The normalized spacial score (nSPS) is 27.9. The van der Waals surface area contributed by atoms with Crippen molar-refractivity contribution in [2.75, 3.05) is 13.1 Å². The molecule has 3 rings (SSSR count). The maximum atomic E-state index is 13.0. The number of amides is 1. The van der Waals surface area contributed by atoms with Crippen LogP contribution in [0.15, 0.2) is 29.2 Å². The first-order valence-electron chi connectivity index (χ1n) is 8.53.